The number of rotatable bonds is 5. The molecule has 2 heterocycles. The van der Waals surface area contributed by atoms with E-state index in [9.17, 15) is 15.0 Å². The van der Waals surface area contributed by atoms with Gasteiger partial charge in [-0.25, -0.2) is 4.98 Å². The van der Waals surface area contributed by atoms with Crippen LogP contribution in [0.3, 0.4) is 0 Å². The Labute approximate surface area is 183 Å². The number of benzene rings is 1. The summed E-state index contributed by atoms with van der Waals surface area (Å²) in [5.74, 6) is 0.910. The van der Waals surface area contributed by atoms with Crippen LogP contribution in [0.5, 0.6) is 11.5 Å². The zero-order valence-electron chi connectivity index (χ0n) is 18.5. The second kappa shape index (κ2) is 8.50. The number of fused-ring (bicyclic) bond motifs is 1. The number of amides is 1. The predicted molar refractivity (Wildman–Crippen MR) is 118 cm³/mol. The Bertz CT molecular complexity index is 927. The fourth-order valence-corrected chi connectivity index (χ4v) is 4.76. The Kier molecular flexibility index (Phi) is 5.93. The van der Waals surface area contributed by atoms with Gasteiger partial charge in [-0.15, -0.1) is 0 Å². The molecule has 1 aliphatic carbocycles. The average molecular weight is 425 g/mol. The first-order chi connectivity index (χ1) is 14.8. The number of carbonyl (C=O) groups is 1. The molecule has 6 nitrogen and oxygen atoms in total. The topological polar surface area (TPSA) is 82.9 Å². The van der Waals surface area contributed by atoms with Crippen molar-refractivity contribution in [3.8, 4) is 11.5 Å². The second-order valence-electron chi connectivity index (χ2n) is 9.56. The molecule has 1 amide bonds. The van der Waals surface area contributed by atoms with Crippen molar-refractivity contribution < 1.29 is 19.7 Å². The maximum absolute atomic E-state index is 12.8. The van der Waals surface area contributed by atoms with Crippen molar-refractivity contribution in [3.63, 3.8) is 0 Å². The number of aromatic nitrogens is 1. The number of hydrogen-bond acceptors (Lipinski definition) is 5. The van der Waals surface area contributed by atoms with Gasteiger partial charge in [-0.2, -0.15) is 0 Å². The molecule has 166 valence electrons. The van der Waals surface area contributed by atoms with Gasteiger partial charge in [0.05, 0.1) is 6.10 Å². The molecule has 1 aromatic heterocycles. The van der Waals surface area contributed by atoms with E-state index in [1.54, 1.807) is 11.0 Å². The first kappa shape index (κ1) is 21.6. The van der Waals surface area contributed by atoms with Crippen LogP contribution in [0.15, 0.2) is 42.6 Å². The Morgan fingerprint density at radius 2 is 1.84 bits per heavy atom. The van der Waals surface area contributed by atoms with Crippen molar-refractivity contribution in [1.29, 1.82) is 0 Å². The van der Waals surface area contributed by atoms with Gasteiger partial charge in [0.1, 0.15) is 17.6 Å². The van der Waals surface area contributed by atoms with Gasteiger partial charge in [0.2, 0.25) is 0 Å². The zero-order valence-corrected chi connectivity index (χ0v) is 18.5. The van der Waals surface area contributed by atoms with Gasteiger partial charge in [0.25, 0.3) is 5.91 Å². The van der Waals surface area contributed by atoms with E-state index in [-0.39, 0.29) is 40.7 Å². The molecule has 0 unspecified atom stereocenters. The summed E-state index contributed by atoms with van der Waals surface area (Å²) in [4.78, 5) is 18.6. The smallest absolute Gasteiger partial charge is 0.276 e. The van der Waals surface area contributed by atoms with Gasteiger partial charge in [-0.1, -0.05) is 32.9 Å². The second-order valence-corrected chi connectivity index (χ2v) is 9.56. The molecule has 1 saturated heterocycles. The minimum absolute atomic E-state index is 0.0876. The number of nitrogens with zero attached hydrogens (tertiary/aromatic N) is 2. The van der Waals surface area contributed by atoms with Crippen LogP contribution >= 0.6 is 0 Å². The molecule has 6 heteroatoms. The fraction of sp³-hybridized carbons (Fsp3) is 0.520. The zero-order chi connectivity index (χ0) is 22.2. The lowest BCUT2D eigenvalue weighted by Crippen LogP contribution is -2.42. The molecule has 0 spiro atoms. The summed E-state index contributed by atoms with van der Waals surface area (Å²) in [6, 6.07) is 11.3. The quantitative estimate of drug-likeness (QED) is 0.764. The predicted octanol–water partition coefficient (Wildman–Crippen LogP) is 3.77. The third-order valence-electron chi connectivity index (χ3n) is 7.17. The number of aromatic hydroxyl groups is 1. The summed E-state index contributed by atoms with van der Waals surface area (Å²) in [6.07, 6.45) is 3.02. The molecule has 4 atom stereocenters. The largest absolute Gasteiger partial charge is 0.505 e. The van der Waals surface area contributed by atoms with E-state index in [1.165, 1.54) is 17.8 Å². The van der Waals surface area contributed by atoms with Gasteiger partial charge < -0.3 is 19.8 Å². The Hall–Kier alpha value is -2.60. The number of aliphatic hydroxyl groups is 1. The summed E-state index contributed by atoms with van der Waals surface area (Å²) in [7, 11) is 0. The summed E-state index contributed by atoms with van der Waals surface area (Å²) in [5.41, 5.74) is 1.48. The van der Waals surface area contributed by atoms with E-state index in [2.05, 4.69) is 37.9 Å². The van der Waals surface area contributed by atoms with E-state index in [0.29, 0.717) is 25.9 Å². The molecule has 0 radical (unpaired) electrons. The number of hydrogen-bond donors (Lipinski definition) is 2. The van der Waals surface area contributed by atoms with Gasteiger partial charge in [0.15, 0.2) is 5.69 Å². The van der Waals surface area contributed by atoms with E-state index in [1.807, 2.05) is 12.1 Å². The molecule has 2 N–H and O–H groups in total. The minimum Gasteiger partial charge on any atom is -0.505 e. The molecule has 2 aliphatic rings. The lowest BCUT2D eigenvalue weighted by molar-refractivity contribution is -0.0231. The van der Waals surface area contributed by atoms with Crippen LogP contribution in [0, 0.1) is 11.8 Å². The van der Waals surface area contributed by atoms with Crippen LogP contribution in [-0.4, -0.2) is 51.3 Å². The number of likely N-dealkylation sites (tertiary alicyclic amines) is 1. The van der Waals surface area contributed by atoms with Crippen LogP contribution in [-0.2, 0) is 5.41 Å². The monoisotopic (exact) mass is 424 g/mol. The van der Waals surface area contributed by atoms with E-state index >= 15 is 0 Å². The SMILES string of the molecule is CCC(C)(C)c1ccc(O[C@@H]2C[C@@H]3CN(C(=O)c4ncccc4O)C[C@@H]3C[C@H]2O)cc1. The molecular formula is C25H32N2O4. The lowest BCUT2D eigenvalue weighted by Gasteiger charge is -2.35. The van der Waals surface area contributed by atoms with E-state index in [0.717, 1.165) is 12.2 Å². The number of ether oxygens (including phenoxy) is 1. The van der Waals surface area contributed by atoms with Gasteiger partial charge in [0, 0.05) is 19.3 Å². The van der Waals surface area contributed by atoms with Crippen molar-refractivity contribution in [2.24, 2.45) is 11.8 Å². The van der Waals surface area contributed by atoms with Gasteiger partial charge in [-0.05, 0) is 66.3 Å². The first-order valence-electron chi connectivity index (χ1n) is 11.2. The van der Waals surface area contributed by atoms with Gasteiger partial charge >= 0.3 is 0 Å². The summed E-state index contributed by atoms with van der Waals surface area (Å²) < 4.78 is 6.17. The lowest BCUT2D eigenvalue weighted by atomic mass is 9.78. The fourth-order valence-electron chi connectivity index (χ4n) is 4.76. The normalized spacial score (nSPS) is 25.9. The molecule has 1 aliphatic heterocycles. The summed E-state index contributed by atoms with van der Waals surface area (Å²) in [6.45, 7) is 7.81. The van der Waals surface area contributed by atoms with Crippen LogP contribution < -0.4 is 4.74 Å². The van der Waals surface area contributed by atoms with Crippen molar-refractivity contribution in [1.82, 2.24) is 9.88 Å². The third kappa shape index (κ3) is 4.40. The molecule has 31 heavy (non-hydrogen) atoms. The third-order valence-corrected chi connectivity index (χ3v) is 7.17. The molecule has 4 rings (SSSR count). The Morgan fingerprint density at radius 3 is 2.48 bits per heavy atom. The van der Waals surface area contributed by atoms with E-state index in [4.69, 9.17) is 4.74 Å². The number of carbonyl (C=O) groups excluding carboxylic acids is 1. The van der Waals surface area contributed by atoms with Crippen LogP contribution in [0.1, 0.15) is 56.1 Å². The molecule has 2 aromatic rings. The average Bonchev–Trinajstić information content (AvgIpc) is 3.17. The molecule has 2 fully saturated rings. The highest BCUT2D eigenvalue weighted by molar-refractivity contribution is 5.95. The summed E-state index contributed by atoms with van der Waals surface area (Å²) >= 11 is 0. The highest BCUT2D eigenvalue weighted by Crippen LogP contribution is 2.39. The van der Waals surface area contributed by atoms with E-state index < -0.39 is 6.10 Å². The van der Waals surface area contributed by atoms with Crippen molar-refractivity contribution in [2.45, 2.75) is 57.7 Å². The number of aliphatic hydroxyl groups excluding tert-OH is 1. The highest BCUT2D eigenvalue weighted by Gasteiger charge is 2.44. The van der Waals surface area contributed by atoms with Crippen LogP contribution in [0.25, 0.3) is 0 Å². The summed E-state index contributed by atoms with van der Waals surface area (Å²) in [5, 5.41) is 20.7. The number of pyridine rings is 1. The van der Waals surface area contributed by atoms with Gasteiger partial charge in [-0.3, -0.25) is 4.79 Å². The Morgan fingerprint density at radius 1 is 1.16 bits per heavy atom. The molecule has 0 bridgehead atoms. The highest BCUT2D eigenvalue weighted by atomic mass is 16.5. The van der Waals surface area contributed by atoms with Crippen molar-refractivity contribution in [2.75, 3.05) is 13.1 Å². The maximum Gasteiger partial charge on any atom is 0.276 e. The first-order valence-corrected chi connectivity index (χ1v) is 11.2. The standard InChI is InChI=1S/C25H32N2O4/c1-4-25(2,3)18-7-9-19(10-8-18)31-22-13-17-15-27(14-16(17)12-21(22)29)24(30)23-20(28)6-5-11-26-23/h5-11,16-17,21-22,28-29H,4,12-15H2,1-3H3/t16-,17+,21+,22+/m0/s1. The molecular weight excluding hydrogens is 392 g/mol. The van der Waals surface area contributed by atoms with Crippen molar-refractivity contribution >= 4 is 5.91 Å². The maximum atomic E-state index is 12.8. The molecule has 1 aromatic carbocycles. The van der Waals surface area contributed by atoms with Crippen LogP contribution in [0.4, 0.5) is 0 Å². The Balaban J connectivity index is 1.40. The van der Waals surface area contributed by atoms with Crippen molar-refractivity contribution in [3.05, 3.63) is 53.9 Å². The van der Waals surface area contributed by atoms with Crippen LogP contribution in [0.2, 0.25) is 0 Å². The molecule has 1 saturated carbocycles. The minimum atomic E-state index is -0.564.